The molecule has 1 heteroatoms. The van der Waals surface area contributed by atoms with Crippen LogP contribution in [0.15, 0.2) is 66.8 Å². The van der Waals surface area contributed by atoms with Crippen molar-refractivity contribution in [2.24, 2.45) is 5.92 Å². The molecule has 1 aromatic rings. The van der Waals surface area contributed by atoms with Crippen LogP contribution >= 0.6 is 0 Å². The number of rotatable bonds is 2. The molecule has 0 nitrogen and oxygen atoms in total. The van der Waals surface area contributed by atoms with Gasteiger partial charge in [0.25, 0.3) is 0 Å². The number of hydrogen-bond acceptors (Lipinski definition) is 0. The molecule has 0 saturated carbocycles. The van der Waals surface area contributed by atoms with Gasteiger partial charge < -0.3 is 0 Å². The van der Waals surface area contributed by atoms with Crippen LogP contribution < -0.4 is 0 Å². The van der Waals surface area contributed by atoms with Gasteiger partial charge in [-0.15, -0.1) is 5.56 Å². The Morgan fingerprint density at radius 3 is 2.32 bits per heavy atom. The van der Waals surface area contributed by atoms with Gasteiger partial charge in [0.15, 0.2) is 0 Å². The van der Waals surface area contributed by atoms with E-state index in [1.807, 2.05) is 32.1 Å². The standard InChI is InChI=1S/C16H15.C2H6.Rf/c1-3-14-9-10-16(12-13(2)11-14)15-7-5-4-6-8-15;1-2;/h3,5-13H,1H2,2H3;1-2H3;/q-1;;. The molecule has 1 atom stereocenters. The van der Waals surface area contributed by atoms with Gasteiger partial charge in [-0.25, -0.2) is 0 Å². The summed E-state index contributed by atoms with van der Waals surface area (Å²) in [6, 6.07) is 11.1. The SMILES string of the molecule is C=CC1=CC(C)C=C(c2cc[c-]cc2)C=C1.CC.[Rf]. The second kappa shape index (κ2) is 8.30. The second-order valence-corrected chi connectivity index (χ2v) is 3.97. The molecule has 0 amide bonds. The first-order chi connectivity index (χ1) is 8.79. The Morgan fingerprint density at radius 2 is 1.74 bits per heavy atom. The normalized spacial score (nSPS) is 16.9. The Morgan fingerprint density at radius 1 is 1.11 bits per heavy atom. The van der Waals surface area contributed by atoms with Crippen molar-refractivity contribution >= 4 is 5.57 Å². The molecule has 0 radical (unpaired) electrons. The van der Waals surface area contributed by atoms with Gasteiger partial charge >= 0.3 is 0 Å². The molecular weight excluding hydrogens is 483 g/mol. The zero-order valence-electron chi connectivity index (χ0n) is 12.2. The molecule has 1 aromatic carbocycles. The molecule has 0 aliphatic heterocycles. The monoisotopic (exact) mass is 504 g/mol. The van der Waals surface area contributed by atoms with Crippen LogP contribution in [0.2, 0.25) is 0 Å². The van der Waals surface area contributed by atoms with E-state index in [-0.39, 0.29) is 0 Å². The minimum Gasteiger partial charge on any atom is -0.184 e. The maximum Gasteiger partial charge on any atom is 0 e. The Bertz CT molecular complexity index is 464. The van der Waals surface area contributed by atoms with Gasteiger partial charge in [-0.05, 0) is 17.1 Å². The van der Waals surface area contributed by atoms with E-state index in [4.69, 9.17) is 0 Å². The molecule has 0 fully saturated rings. The predicted octanol–water partition coefficient (Wildman–Crippen LogP) is 5.21. The van der Waals surface area contributed by atoms with Crippen LogP contribution in [0.1, 0.15) is 26.3 Å². The molecule has 1 aliphatic carbocycles. The van der Waals surface area contributed by atoms with Gasteiger partial charge in [-0.3, -0.25) is 0 Å². The van der Waals surface area contributed by atoms with E-state index in [0.29, 0.717) is 5.92 Å². The third kappa shape index (κ3) is 4.51. The van der Waals surface area contributed by atoms with Crippen molar-refractivity contribution in [3.05, 3.63) is 78.4 Å². The van der Waals surface area contributed by atoms with Crippen LogP contribution in [0.3, 0.4) is 0 Å². The zero-order chi connectivity index (χ0) is 13.4. The third-order valence-electron chi connectivity index (χ3n) is 2.64. The number of benzene rings is 1. The Hall–Kier alpha value is -2.82. The van der Waals surface area contributed by atoms with E-state index in [0.717, 1.165) is 0 Å². The van der Waals surface area contributed by atoms with Crippen molar-refractivity contribution in [1.82, 2.24) is 0 Å². The molecule has 0 spiro atoms. The Kier molecular flexibility index (Phi) is 7.07. The molecule has 2 rings (SSSR count). The van der Waals surface area contributed by atoms with Gasteiger partial charge in [0.2, 0.25) is 0 Å². The first kappa shape index (κ1) is 16.2. The van der Waals surface area contributed by atoms with Crippen molar-refractivity contribution in [2.75, 3.05) is 0 Å². The van der Waals surface area contributed by atoms with E-state index in [2.05, 4.69) is 56.0 Å². The van der Waals surface area contributed by atoms with Crippen LogP contribution in [-0.2, 0) is 0 Å². The summed E-state index contributed by atoms with van der Waals surface area (Å²) in [5.41, 5.74) is 3.68. The minimum absolute atomic E-state index is 0. The average molecular weight is 504 g/mol. The van der Waals surface area contributed by atoms with Crippen molar-refractivity contribution in [3.63, 3.8) is 0 Å². The summed E-state index contributed by atoms with van der Waals surface area (Å²) in [6.07, 6.45) is 10.6. The van der Waals surface area contributed by atoms with Gasteiger partial charge in [-0.2, -0.15) is 30.3 Å². The fraction of sp³-hybridized carbons (Fsp3) is 0.222. The fourth-order valence-electron chi connectivity index (χ4n) is 1.84. The van der Waals surface area contributed by atoms with Crippen LogP contribution in [-0.4, -0.2) is 0 Å². The molecule has 0 bridgehead atoms. The van der Waals surface area contributed by atoms with E-state index < -0.39 is 0 Å². The minimum atomic E-state index is 0. The number of hydrogen-bond donors (Lipinski definition) is 0. The zero-order valence-corrected chi connectivity index (χ0v) is 18.6. The van der Waals surface area contributed by atoms with Crippen LogP contribution in [0.4, 0.5) is 0 Å². The first-order valence-electron chi connectivity index (χ1n) is 6.50. The van der Waals surface area contributed by atoms with E-state index in [1.165, 1.54) is 16.7 Å². The average Bonchev–Trinajstić information content (AvgIpc) is 2.63. The molecule has 19 heavy (non-hydrogen) atoms. The van der Waals surface area contributed by atoms with E-state index in [9.17, 15) is 0 Å². The van der Waals surface area contributed by atoms with Crippen molar-refractivity contribution < 1.29 is 0 Å². The summed E-state index contributed by atoms with van der Waals surface area (Å²) in [4.78, 5) is 0. The molecule has 96 valence electrons. The summed E-state index contributed by atoms with van der Waals surface area (Å²) in [5, 5.41) is 0. The molecule has 0 saturated heterocycles. The van der Waals surface area contributed by atoms with Crippen molar-refractivity contribution in [3.8, 4) is 0 Å². The van der Waals surface area contributed by atoms with Crippen LogP contribution in [0, 0.1) is 12.0 Å². The topological polar surface area (TPSA) is 0 Å². The maximum atomic E-state index is 3.81. The molecular formula is C18H21Rf-. The van der Waals surface area contributed by atoms with Crippen LogP contribution in [0.25, 0.3) is 5.57 Å². The molecule has 0 N–H and O–H groups in total. The summed E-state index contributed by atoms with van der Waals surface area (Å²) in [5.74, 6) is 0.433. The summed E-state index contributed by atoms with van der Waals surface area (Å²) in [7, 11) is 0. The largest absolute Gasteiger partial charge is 0.184 e. The predicted molar refractivity (Wildman–Crippen MR) is 81.2 cm³/mol. The molecule has 1 aliphatic rings. The third-order valence-corrected chi connectivity index (χ3v) is 2.64. The van der Waals surface area contributed by atoms with Gasteiger partial charge in [-0.1, -0.05) is 57.7 Å². The second-order valence-electron chi connectivity index (χ2n) is 3.97. The maximum absolute atomic E-state index is 3.81. The smallest absolute Gasteiger partial charge is 0 e. The fourth-order valence-corrected chi connectivity index (χ4v) is 1.84. The first-order valence-corrected chi connectivity index (χ1v) is 6.50. The molecule has 0 aromatic heterocycles. The quantitative estimate of drug-likeness (QED) is 0.485. The Labute approximate surface area is 111 Å². The van der Waals surface area contributed by atoms with Gasteiger partial charge in [0, 0.05) is 0 Å². The molecule has 0 heterocycles. The van der Waals surface area contributed by atoms with Gasteiger partial charge in [0.1, 0.15) is 0 Å². The summed E-state index contributed by atoms with van der Waals surface area (Å²) in [6.45, 7) is 10.00. The summed E-state index contributed by atoms with van der Waals surface area (Å²) < 4.78 is 0. The van der Waals surface area contributed by atoms with E-state index >= 15 is 0 Å². The molecule has 1 unspecified atom stereocenters. The number of allylic oxidation sites excluding steroid dienone is 7. The van der Waals surface area contributed by atoms with Crippen LogP contribution in [0.5, 0.6) is 0 Å². The summed E-state index contributed by atoms with van der Waals surface area (Å²) >= 11 is 0. The van der Waals surface area contributed by atoms with Crippen molar-refractivity contribution in [1.29, 1.82) is 0 Å². The van der Waals surface area contributed by atoms with Gasteiger partial charge in [0.05, 0.1) is 0 Å². The Balaban J connectivity index is 0.00000103. The van der Waals surface area contributed by atoms with E-state index in [1.54, 1.807) is 0 Å². The van der Waals surface area contributed by atoms with Crippen molar-refractivity contribution in [2.45, 2.75) is 20.8 Å².